The van der Waals surface area contributed by atoms with Gasteiger partial charge in [-0.3, -0.25) is 0 Å². The van der Waals surface area contributed by atoms with Gasteiger partial charge in [-0.25, -0.2) is 0 Å². The van der Waals surface area contributed by atoms with Crippen molar-refractivity contribution in [3.63, 3.8) is 0 Å². The average molecular weight is 324 g/mol. The predicted octanol–water partition coefficient (Wildman–Crippen LogP) is 4.27. The maximum absolute atomic E-state index is 5.99. The topological polar surface area (TPSA) is 28.1 Å². The van der Waals surface area contributed by atoms with Crippen LogP contribution in [-0.2, 0) is 4.84 Å². The highest BCUT2D eigenvalue weighted by Gasteiger charge is 2.50. The van der Waals surface area contributed by atoms with Crippen LogP contribution >= 0.6 is 0 Å². The molecule has 0 saturated carbocycles. The smallest absolute Gasteiger partial charge is 0.164 e. The van der Waals surface area contributed by atoms with Crippen molar-refractivity contribution in [3.8, 4) is 0 Å². The van der Waals surface area contributed by atoms with E-state index in [-0.39, 0.29) is 5.60 Å². The van der Waals surface area contributed by atoms with Crippen molar-refractivity contribution in [1.29, 1.82) is 0 Å². The second-order valence-electron chi connectivity index (χ2n) is 7.43. The van der Waals surface area contributed by atoms with E-state index < -0.39 is 0 Å². The third-order valence-electron chi connectivity index (χ3n) is 4.91. The summed E-state index contributed by atoms with van der Waals surface area (Å²) in [6.07, 6.45) is 6.37. The molecule has 23 heavy (non-hydrogen) atoms. The van der Waals surface area contributed by atoms with E-state index in [9.17, 15) is 0 Å². The number of nitrogens with zero attached hydrogens (tertiary/aromatic N) is 3. The van der Waals surface area contributed by atoms with E-state index in [4.69, 9.17) is 4.84 Å². The van der Waals surface area contributed by atoms with Gasteiger partial charge in [0.05, 0.1) is 11.8 Å². The fourth-order valence-electron chi connectivity index (χ4n) is 3.50. The van der Waals surface area contributed by atoms with Crippen molar-refractivity contribution >= 4 is 5.71 Å². The average Bonchev–Trinajstić information content (AvgIpc) is 2.82. The lowest BCUT2D eigenvalue weighted by Gasteiger charge is -2.43. The normalized spacial score (nSPS) is 31.0. The molecule has 4 heteroatoms. The third-order valence-corrected chi connectivity index (χ3v) is 4.91. The number of likely N-dealkylation sites (tertiary alicyclic amines) is 1. The molecule has 0 N–H and O–H groups in total. The molecule has 2 rings (SSSR count). The molecule has 0 aliphatic carbocycles. The van der Waals surface area contributed by atoms with E-state index in [0.29, 0.717) is 18.1 Å². The molecule has 0 aromatic heterocycles. The molecule has 4 nitrogen and oxygen atoms in total. The summed E-state index contributed by atoms with van der Waals surface area (Å²) < 4.78 is 0. The molecule has 0 aromatic rings. The van der Waals surface area contributed by atoms with Crippen LogP contribution < -0.4 is 0 Å². The minimum absolute atomic E-state index is 0.179. The Bertz CT molecular complexity index is 407. The van der Waals surface area contributed by atoms with Crippen molar-refractivity contribution in [1.82, 2.24) is 9.80 Å². The van der Waals surface area contributed by atoms with Gasteiger partial charge in [0.1, 0.15) is 0 Å². The zero-order valence-corrected chi connectivity index (χ0v) is 16.3. The SMILES string of the molecule is C=CN(C(C)C)[C@@H]1CN(C)[C@@H](C)CC[C@]12CC(C)=NO2.CCC. The van der Waals surface area contributed by atoms with Gasteiger partial charge in [-0.05, 0) is 53.8 Å². The van der Waals surface area contributed by atoms with Gasteiger partial charge in [0.2, 0.25) is 0 Å². The highest BCUT2D eigenvalue weighted by molar-refractivity contribution is 5.83. The molecule has 0 bridgehead atoms. The van der Waals surface area contributed by atoms with Gasteiger partial charge in [0.15, 0.2) is 5.60 Å². The molecule has 0 unspecified atom stereocenters. The Morgan fingerprint density at radius 3 is 2.52 bits per heavy atom. The standard InChI is InChI=1S/C16H29N3O.C3H8/c1-7-19(12(2)3)15-11-18(6)14(5)8-9-16(15)10-13(4)17-20-16;1-3-2/h7,12,14-15H,1,8-11H2,2-6H3;3H2,1-2H3/t14-,15+,16-;/m0./s1. The zero-order chi connectivity index (χ0) is 17.6. The lowest BCUT2D eigenvalue weighted by molar-refractivity contribution is -0.0820. The molecule has 0 radical (unpaired) electrons. The first-order valence-corrected chi connectivity index (χ1v) is 9.13. The highest BCUT2D eigenvalue weighted by Crippen LogP contribution is 2.39. The van der Waals surface area contributed by atoms with Crippen LogP contribution in [0.3, 0.4) is 0 Å². The molecular weight excluding hydrogens is 286 g/mol. The molecule has 134 valence electrons. The van der Waals surface area contributed by atoms with E-state index in [1.807, 2.05) is 6.20 Å². The van der Waals surface area contributed by atoms with E-state index in [2.05, 4.69) is 70.1 Å². The van der Waals surface area contributed by atoms with Crippen LogP contribution in [0.4, 0.5) is 0 Å². The number of rotatable bonds is 3. The van der Waals surface area contributed by atoms with Gasteiger partial charge in [0.25, 0.3) is 0 Å². The second kappa shape index (κ2) is 8.72. The van der Waals surface area contributed by atoms with Crippen LogP contribution in [0.25, 0.3) is 0 Å². The van der Waals surface area contributed by atoms with Crippen molar-refractivity contribution in [3.05, 3.63) is 12.8 Å². The molecular formula is C19H37N3O. The third kappa shape index (κ3) is 4.72. The summed E-state index contributed by atoms with van der Waals surface area (Å²) in [4.78, 5) is 10.8. The minimum Gasteiger partial charge on any atom is -0.387 e. The van der Waals surface area contributed by atoms with Crippen LogP contribution in [0.15, 0.2) is 17.9 Å². The number of hydrogen-bond acceptors (Lipinski definition) is 4. The monoisotopic (exact) mass is 323 g/mol. The molecule has 2 aliphatic rings. The molecule has 1 spiro atoms. The van der Waals surface area contributed by atoms with Crippen molar-refractivity contribution < 1.29 is 4.84 Å². The highest BCUT2D eigenvalue weighted by atomic mass is 16.7. The number of likely N-dealkylation sites (N-methyl/N-ethyl adjacent to an activating group) is 1. The first kappa shape index (κ1) is 20.0. The van der Waals surface area contributed by atoms with E-state index >= 15 is 0 Å². The van der Waals surface area contributed by atoms with Crippen LogP contribution in [0.5, 0.6) is 0 Å². The van der Waals surface area contributed by atoms with E-state index in [0.717, 1.165) is 31.5 Å². The van der Waals surface area contributed by atoms with E-state index in [1.54, 1.807) is 0 Å². The summed E-state index contributed by atoms with van der Waals surface area (Å²) in [5, 5.41) is 4.27. The van der Waals surface area contributed by atoms with Crippen molar-refractivity contribution in [2.45, 2.75) is 91.0 Å². The fraction of sp³-hybridized carbons (Fsp3) is 0.842. The fourth-order valence-corrected chi connectivity index (χ4v) is 3.50. The molecule has 2 heterocycles. The van der Waals surface area contributed by atoms with Crippen LogP contribution in [0.1, 0.15) is 67.2 Å². The summed E-state index contributed by atoms with van der Waals surface area (Å²) in [6.45, 7) is 18.1. The Hall–Kier alpha value is -1.03. The maximum atomic E-state index is 5.99. The summed E-state index contributed by atoms with van der Waals surface area (Å²) in [6, 6.07) is 1.30. The number of oxime groups is 1. The maximum Gasteiger partial charge on any atom is 0.164 e. The Balaban J connectivity index is 0.000000816. The Kier molecular flexibility index (Phi) is 7.59. The molecule has 0 amide bonds. The number of hydrogen-bond donors (Lipinski definition) is 0. The van der Waals surface area contributed by atoms with Gasteiger partial charge in [-0.2, -0.15) is 0 Å². The van der Waals surface area contributed by atoms with Gasteiger partial charge in [0, 0.05) is 25.0 Å². The molecule has 3 atom stereocenters. The van der Waals surface area contributed by atoms with Gasteiger partial charge in [-0.1, -0.05) is 32.0 Å². The predicted molar refractivity (Wildman–Crippen MR) is 99.8 cm³/mol. The first-order valence-electron chi connectivity index (χ1n) is 9.13. The summed E-state index contributed by atoms with van der Waals surface area (Å²) in [5.41, 5.74) is 0.932. The van der Waals surface area contributed by atoms with Crippen LogP contribution in [0.2, 0.25) is 0 Å². The zero-order valence-electron chi connectivity index (χ0n) is 16.3. The molecule has 1 saturated heterocycles. The lowest BCUT2D eigenvalue weighted by atomic mass is 9.84. The van der Waals surface area contributed by atoms with Crippen LogP contribution in [0, 0.1) is 0 Å². The summed E-state index contributed by atoms with van der Waals surface area (Å²) in [5.74, 6) is 0. The van der Waals surface area contributed by atoms with Gasteiger partial charge >= 0.3 is 0 Å². The van der Waals surface area contributed by atoms with Crippen molar-refractivity contribution in [2.75, 3.05) is 13.6 Å². The van der Waals surface area contributed by atoms with Crippen molar-refractivity contribution in [2.24, 2.45) is 5.16 Å². The largest absolute Gasteiger partial charge is 0.387 e. The van der Waals surface area contributed by atoms with Gasteiger partial charge < -0.3 is 14.6 Å². The van der Waals surface area contributed by atoms with Gasteiger partial charge in [-0.15, -0.1) is 0 Å². The minimum atomic E-state index is -0.179. The van der Waals surface area contributed by atoms with Crippen LogP contribution in [-0.4, -0.2) is 52.8 Å². The molecule has 0 aromatic carbocycles. The second-order valence-corrected chi connectivity index (χ2v) is 7.43. The Labute approximate surface area is 143 Å². The summed E-state index contributed by atoms with van der Waals surface area (Å²) >= 11 is 0. The quantitative estimate of drug-likeness (QED) is 0.776. The van der Waals surface area contributed by atoms with E-state index in [1.165, 1.54) is 6.42 Å². The molecule has 1 fully saturated rings. The Morgan fingerprint density at radius 2 is 2.09 bits per heavy atom. The molecule has 2 aliphatic heterocycles. The summed E-state index contributed by atoms with van der Waals surface area (Å²) in [7, 11) is 2.21. The Morgan fingerprint density at radius 1 is 1.48 bits per heavy atom. The first-order chi connectivity index (χ1) is 10.8. The lowest BCUT2D eigenvalue weighted by Crippen LogP contribution is -2.56.